The summed E-state index contributed by atoms with van der Waals surface area (Å²) < 4.78 is 10.5. The minimum atomic E-state index is -0.251. The molecule has 2 atom stereocenters. The second-order valence-corrected chi connectivity index (χ2v) is 5.83. The highest BCUT2D eigenvalue weighted by Gasteiger charge is 2.14. The molecule has 22 heavy (non-hydrogen) atoms. The molecule has 0 spiro atoms. The molecule has 1 aromatic carbocycles. The van der Waals surface area contributed by atoms with Crippen LogP contribution in [0.15, 0.2) is 24.3 Å². The maximum Gasteiger partial charge on any atom is 0.307 e. The molecule has 1 aromatic rings. The fraction of sp³-hybridized carbons (Fsp3) is 0.526. The topological polar surface area (TPSA) is 35.5 Å². The van der Waals surface area contributed by atoms with Gasteiger partial charge in [0.15, 0.2) is 0 Å². The van der Waals surface area contributed by atoms with Crippen LogP contribution in [0.5, 0.6) is 5.75 Å². The first-order valence-corrected chi connectivity index (χ1v) is 7.69. The molecule has 0 aliphatic rings. The average molecular weight is 302 g/mol. The second kappa shape index (κ2) is 9.15. The van der Waals surface area contributed by atoms with Crippen molar-refractivity contribution >= 4 is 5.97 Å². The SMILES string of the molecule is CC#C[C@@H](CC(=O)OC)c1ccc(OC[C@H](C)C(C)C)cc1. The summed E-state index contributed by atoms with van der Waals surface area (Å²) in [6.07, 6.45) is 0.266. The van der Waals surface area contributed by atoms with E-state index in [1.54, 1.807) is 6.92 Å². The van der Waals surface area contributed by atoms with Gasteiger partial charge in [-0.2, -0.15) is 0 Å². The van der Waals surface area contributed by atoms with Crippen molar-refractivity contribution < 1.29 is 14.3 Å². The Labute approximate surface area is 134 Å². The third-order valence-electron chi connectivity index (χ3n) is 3.85. The molecule has 0 fully saturated rings. The summed E-state index contributed by atoms with van der Waals surface area (Å²) in [7, 11) is 1.39. The number of ether oxygens (including phenoxy) is 2. The number of methoxy groups -OCH3 is 1. The van der Waals surface area contributed by atoms with E-state index in [2.05, 4.69) is 32.6 Å². The van der Waals surface area contributed by atoms with Crippen LogP contribution in [0.4, 0.5) is 0 Å². The van der Waals surface area contributed by atoms with Gasteiger partial charge in [0.1, 0.15) is 5.75 Å². The highest BCUT2D eigenvalue weighted by molar-refractivity contribution is 5.71. The molecular formula is C19H26O3. The van der Waals surface area contributed by atoms with Crippen LogP contribution >= 0.6 is 0 Å². The Morgan fingerprint density at radius 3 is 2.32 bits per heavy atom. The predicted octanol–water partition coefficient (Wildman–Crippen LogP) is 4.03. The zero-order valence-corrected chi connectivity index (χ0v) is 14.2. The van der Waals surface area contributed by atoms with Crippen LogP contribution < -0.4 is 4.74 Å². The Bertz CT molecular complexity index is 520. The molecule has 0 radical (unpaired) electrons. The number of carbonyl (C=O) groups excluding carboxylic acids is 1. The van der Waals surface area contributed by atoms with Crippen LogP contribution in [0, 0.1) is 23.7 Å². The fourth-order valence-electron chi connectivity index (χ4n) is 1.89. The van der Waals surface area contributed by atoms with Crippen molar-refractivity contribution in [2.75, 3.05) is 13.7 Å². The number of rotatable bonds is 7. The standard InChI is InChI=1S/C19H26O3/c1-6-7-17(12-19(20)21-5)16-8-10-18(11-9-16)22-13-15(4)14(2)3/h8-11,14-15,17H,12-13H2,1-5H3/t15-,17-/m0/s1. The van der Waals surface area contributed by atoms with E-state index in [-0.39, 0.29) is 18.3 Å². The molecule has 0 aliphatic carbocycles. The maximum atomic E-state index is 11.5. The lowest BCUT2D eigenvalue weighted by atomic mass is 9.96. The Morgan fingerprint density at radius 1 is 1.18 bits per heavy atom. The highest BCUT2D eigenvalue weighted by Crippen LogP contribution is 2.23. The van der Waals surface area contributed by atoms with Gasteiger partial charge in [0.25, 0.3) is 0 Å². The first-order chi connectivity index (χ1) is 10.5. The molecule has 3 nitrogen and oxygen atoms in total. The first kappa shape index (κ1) is 18.1. The van der Waals surface area contributed by atoms with Crippen molar-refractivity contribution in [3.63, 3.8) is 0 Å². The van der Waals surface area contributed by atoms with Crippen molar-refractivity contribution in [3.05, 3.63) is 29.8 Å². The minimum absolute atomic E-state index is 0.138. The molecule has 0 bridgehead atoms. The van der Waals surface area contributed by atoms with Crippen molar-refractivity contribution in [2.45, 2.75) is 40.0 Å². The van der Waals surface area contributed by atoms with Crippen LogP contribution in [-0.4, -0.2) is 19.7 Å². The molecule has 1 rings (SSSR count). The molecule has 0 aromatic heterocycles. The van der Waals surface area contributed by atoms with E-state index in [0.29, 0.717) is 18.4 Å². The number of esters is 1. The molecule has 0 unspecified atom stereocenters. The van der Waals surface area contributed by atoms with Crippen molar-refractivity contribution in [1.29, 1.82) is 0 Å². The van der Waals surface area contributed by atoms with E-state index in [9.17, 15) is 4.79 Å². The molecule has 0 N–H and O–H groups in total. The van der Waals surface area contributed by atoms with Gasteiger partial charge >= 0.3 is 5.97 Å². The summed E-state index contributed by atoms with van der Waals surface area (Å²) in [6.45, 7) is 9.05. The molecule has 3 heteroatoms. The summed E-state index contributed by atoms with van der Waals surface area (Å²) in [5.41, 5.74) is 1.00. The lowest BCUT2D eigenvalue weighted by molar-refractivity contribution is -0.140. The first-order valence-electron chi connectivity index (χ1n) is 7.69. The normalized spacial score (nSPS) is 13.0. The van der Waals surface area contributed by atoms with Crippen molar-refractivity contribution in [3.8, 4) is 17.6 Å². The van der Waals surface area contributed by atoms with E-state index in [0.717, 1.165) is 11.3 Å². The molecule has 0 heterocycles. The van der Waals surface area contributed by atoms with Gasteiger partial charge in [-0.15, -0.1) is 5.92 Å². The summed E-state index contributed by atoms with van der Waals surface area (Å²) in [5, 5.41) is 0. The molecule has 0 saturated carbocycles. The Morgan fingerprint density at radius 2 is 1.82 bits per heavy atom. The summed E-state index contributed by atoms with van der Waals surface area (Å²) in [4.78, 5) is 11.5. The molecule has 0 amide bonds. The zero-order chi connectivity index (χ0) is 16.5. The monoisotopic (exact) mass is 302 g/mol. The molecular weight excluding hydrogens is 276 g/mol. The van der Waals surface area contributed by atoms with Crippen molar-refractivity contribution in [2.24, 2.45) is 11.8 Å². The van der Waals surface area contributed by atoms with Gasteiger partial charge in [0, 0.05) is 0 Å². The lowest BCUT2D eigenvalue weighted by Gasteiger charge is -2.17. The van der Waals surface area contributed by atoms with Gasteiger partial charge in [-0.1, -0.05) is 38.8 Å². The third kappa shape index (κ3) is 5.81. The second-order valence-electron chi connectivity index (χ2n) is 5.83. The number of hydrogen-bond acceptors (Lipinski definition) is 3. The Hall–Kier alpha value is -1.95. The van der Waals surface area contributed by atoms with E-state index in [1.807, 2.05) is 24.3 Å². The van der Waals surface area contributed by atoms with Gasteiger partial charge in [-0.25, -0.2) is 0 Å². The van der Waals surface area contributed by atoms with Crippen molar-refractivity contribution in [1.82, 2.24) is 0 Å². The fourth-order valence-corrected chi connectivity index (χ4v) is 1.89. The average Bonchev–Trinajstić information content (AvgIpc) is 2.52. The predicted molar refractivity (Wildman–Crippen MR) is 88.8 cm³/mol. The van der Waals surface area contributed by atoms with Crippen LogP contribution in [0.2, 0.25) is 0 Å². The van der Waals surface area contributed by atoms with E-state index < -0.39 is 0 Å². The summed E-state index contributed by atoms with van der Waals surface area (Å²) in [6, 6.07) is 7.80. The van der Waals surface area contributed by atoms with E-state index in [4.69, 9.17) is 9.47 Å². The Balaban J connectivity index is 2.72. The Kier molecular flexibility index (Phi) is 7.52. The number of carbonyl (C=O) groups is 1. The molecule has 0 saturated heterocycles. The third-order valence-corrected chi connectivity index (χ3v) is 3.85. The van der Waals surface area contributed by atoms with Gasteiger partial charge in [0.05, 0.1) is 26.1 Å². The summed E-state index contributed by atoms with van der Waals surface area (Å²) >= 11 is 0. The van der Waals surface area contributed by atoms with Crippen LogP contribution in [0.3, 0.4) is 0 Å². The van der Waals surface area contributed by atoms with Gasteiger partial charge in [0.2, 0.25) is 0 Å². The van der Waals surface area contributed by atoms with E-state index >= 15 is 0 Å². The largest absolute Gasteiger partial charge is 0.493 e. The van der Waals surface area contributed by atoms with Crippen LogP contribution in [0.1, 0.15) is 45.6 Å². The number of hydrogen-bond donors (Lipinski definition) is 0. The van der Waals surface area contributed by atoms with Gasteiger partial charge in [-0.05, 0) is 36.5 Å². The zero-order valence-electron chi connectivity index (χ0n) is 14.2. The van der Waals surface area contributed by atoms with Gasteiger partial charge in [-0.3, -0.25) is 4.79 Å². The van der Waals surface area contributed by atoms with E-state index in [1.165, 1.54) is 7.11 Å². The lowest BCUT2D eigenvalue weighted by Crippen LogP contribution is -2.14. The van der Waals surface area contributed by atoms with Gasteiger partial charge < -0.3 is 9.47 Å². The smallest absolute Gasteiger partial charge is 0.307 e. The van der Waals surface area contributed by atoms with Crippen LogP contribution in [-0.2, 0) is 9.53 Å². The quantitative estimate of drug-likeness (QED) is 0.563. The maximum absolute atomic E-state index is 11.5. The van der Waals surface area contributed by atoms with Crippen LogP contribution in [0.25, 0.3) is 0 Å². The molecule has 0 aliphatic heterocycles. The number of benzene rings is 1. The summed E-state index contributed by atoms with van der Waals surface area (Å²) in [5.74, 6) is 7.50. The highest BCUT2D eigenvalue weighted by atomic mass is 16.5. The molecule has 120 valence electrons. The minimum Gasteiger partial charge on any atom is -0.493 e.